The van der Waals surface area contributed by atoms with Gasteiger partial charge in [-0.05, 0) is 91.8 Å². The van der Waals surface area contributed by atoms with Gasteiger partial charge in [-0.2, -0.15) is 0 Å². The molecule has 292 valence electrons. The fourth-order valence-corrected chi connectivity index (χ4v) is 4.59. The van der Waals surface area contributed by atoms with Gasteiger partial charge in [0.15, 0.2) is 0 Å². The van der Waals surface area contributed by atoms with E-state index in [2.05, 4.69) is 148 Å². The summed E-state index contributed by atoms with van der Waals surface area (Å²) in [5.74, 6) is 0.581. The Morgan fingerprint density at radius 3 is 1.42 bits per heavy atom. The third-order valence-corrected chi connectivity index (χ3v) is 9.27. The summed E-state index contributed by atoms with van der Waals surface area (Å²) < 4.78 is 0. The van der Waals surface area contributed by atoms with E-state index < -0.39 is 0 Å². The van der Waals surface area contributed by atoms with E-state index in [4.69, 9.17) is 17.3 Å². The molecule has 0 heterocycles. The Balaban J connectivity index is 0. The number of nitrogens with one attached hydrogen (secondary N) is 1. The van der Waals surface area contributed by atoms with Crippen LogP contribution in [0.25, 0.3) is 12.2 Å². The molecule has 5 aromatic carbocycles. The minimum absolute atomic E-state index is 0. The molecule has 0 aliphatic heterocycles. The van der Waals surface area contributed by atoms with Crippen molar-refractivity contribution in [1.29, 1.82) is 0 Å². The Hall–Kier alpha value is -1.88. The Bertz CT molecular complexity index is 1610. The number of para-hydroxylation sites is 3. The van der Waals surface area contributed by atoms with Gasteiger partial charge in [-0.3, -0.25) is 0 Å². The molecular formula is C48H63BrClIKN3. The molecule has 0 bridgehead atoms. The van der Waals surface area contributed by atoms with Gasteiger partial charge in [0.2, 0.25) is 0 Å². The van der Waals surface area contributed by atoms with E-state index in [0.717, 1.165) is 36.2 Å². The minimum atomic E-state index is 0. The summed E-state index contributed by atoms with van der Waals surface area (Å²) in [6.07, 6.45) is 7.22. The molecule has 3 atom stereocenters. The molecule has 3 N–H and O–H groups in total. The van der Waals surface area contributed by atoms with E-state index in [1.165, 1.54) is 28.9 Å². The van der Waals surface area contributed by atoms with Gasteiger partial charge in [0.25, 0.3) is 0 Å². The number of halogens is 3. The van der Waals surface area contributed by atoms with E-state index in [-0.39, 0.29) is 75.4 Å². The molecule has 3 nitrogen and oxygen atoms in total. The molecule has 3 unspecified atom stereocenters. The number of hydrogen-bond donors (Lipinski definition) is 2. The number of nitrogen functional groups attached to an aromatic ring is 1. The van der Waals surface area contributed by atoms with Crippen molar-refractivity contribution in [2.75, 3.05) is 16.0 Å². The normalized spacial score (nSPS) is 11.0. The summed E-state index contributed by atoms with van der Waals surface area (Å²) in [5, 5.41) is 3.39. The average Bonchev–Trinajstić information content (AvgIpc) is 3.21. The van der Waals surface area contributed by atoms with Crippen LogP contribution in [0.1, 0.15) is 83.1 Å². The average molecular weight is 963 g/mol. The zero-order chi connectivity index (χ0) is 39.3. The van der Waals surface area contributed by atoms with Gasteiger partial charge in [0.05, 0.1) is 0 Å². The Labute approximate surface area is 408 Å². The summed E-state index contributed by atoms with van der Waals surface area (Å²) in [6.45, 7) is 21.6. The van der Waals surface area contributed by atoms with Gasteiger partial charge in [-0.25, -0.2) is 0 Å². The van der Waals surface area contributed by atoms with E-state index in [1.54, 1.807) is 0 Å². The van der Waals surface area contributed by atoms with Crippen LogP contribution in [0, 0.1) is 0 Å². The number of alkyl halides is 2. The second-order valence-corrected chi connectivity index (χ2v) is 14.5. The minimum Gasteiger partial charge on any atom is -1.00 e. The van der Waals surface area contributed by atoms with Crippen molar-refractivity contribution in [2.45, 2.75) is 90.1 Å². The molecule has 5 rings (SSSR count). The van der Waals surface area contributed by atoms with Crippen LogP contribution in [-0.4, -0.2) is 16.9 Å². The number of benzene rings is 5. The molecule has 7 heteroatoms. The number of nitrogens with two attached hydrogens (primary N) is 1. The first kappa shape index (κ1) is 55.2. The number of rotatable bonds is 12. The molecule has 0 amide bonds. The molecule has 5 aromatic rings. The Morgan fingerprint density at radius 2 is 1.07 bits per heavy atom. The molecule has 0 aliphatic rings. The predicted molar refractivity (Wildman–Crippen MR) is 244 cm³/mol. The Morgan fingerprint density at radius 1 is 0.655 bits per heavy atom. The smallest absolute Gasteiger partial charge is 1.00 e. The standard InChI is InChI=1S/C19H23N.C10H15N.C9H9Cl.C6H7N.C4H9Br.HI.K/c1-4-16(3)20(19-9-7-6-8-10-19)15-18-13-11-17(5-2)12-14-18;1-3-9(2)11-10-7-5-4-6-8-10;1-2-8-3-5-9(7-10)6-4-8;7-6-4-2-1-3-5-6;1-3-4(2)5;;/h5-14,16H,2,4,15H2,1,3H3;4-9,11H,3H2,1-2H3;2-6H,1,7H2;1-5H,7H2;4H,3H2,1-2H3;1H;/q;;;;;;+1/p-1. The SMILES string of the molecule is C=Cc1ccc(CCl)cc1.C=Cc1ccc(CN(c2ccccc2)C(C)CC)cc1.CCC(C)Br.CCC(C)Nc1ccccc1.Nc1ccccc1.[I-].[K+]. The second kappa shape index (κ2) is 35.3. The van der Waals surface area contributed by atoms with Crippen molar-refractivity contribution in [3.05, 3.63) is 175 Å². The van der Waals surface area contributed by atoms with Gasteiger partial charge < -0.3 is 39.9 Å². The van der Waals surface area contributed by atoms with Gasteiger partial charge in [0, 0.05) is 46.4 Å². The van der Waals surface area contributed by atoms with Crippen LogP contribution >= 0.6 is 27.5 Å². The van der Waals surface area contributed by atoms with E-state index in [1.807, 2.05) is 84.9 Å². The molecular weight excluding hydrogens is 900 g/mol. The monoisotopic (exact) mass is 961 g/mol. The van der Waals surface area contributed by atoms with Crippen LogP contribution < -0.4 is 91.3 Å². The van der Waals surface area contributed by atoms with Crippen LogP contribution in [-0.2, 0) is 12.4 Å². The quantitative estimate of drug-likeness (QED) is 0.0571. The maximum Gasteiger partial charge on any atom is 1.00 e. The molecule has 0 saturated carbocycles. The van der Waals surface area contributed by atoms with Crippen molar-refractivity contribution < 1.29 is 75.4 Å². The number of hydrogen-bond acceptors (Lipinski definition) is 3. The van der Waals surface area contributed by atoms with E-state index in [0.29, 0.717) is 22.8 Å². The summed E-state index contributed by atoms with van der Waals surface area (Å²) in [5.41, 5.74) is 13.5. The van der Waals surface area contributed by atoms with Crippen LogP contribution in [0.15, 0.2) is 153 Å². The maximum atomic E-state index is 5.60. The van der Waals surface area contributed by atoms with Gasteiger partial charge >= 0.3 is 51.4 Å². The maximum absolute atomic E-state index is 5.60. The fraction of sp³-hybridized carbons (Fsp3) is 0.292. The van der Waals surface area contributed by atoms with Gasteiger partial charge in [-0.1, -0.05) is 172 Å². The van der Waals surface area contributed by atoms with Crippen molar-refractivity contribution in [1.82, 2.24) is 0 Å². The molecule has 0 fully saturated rings. The zero-order valence-electron chi connectivity index (χ0n) is 34.3. The fourth-order valence-electron chi connectivity index (χ4n) is 4.41. The van der Waals surface area contributed by atoms with Crippen LogP contribution in [0.2, 0.25) is 0 Å². The number of anilines is 3. The Kier molecular flexibility index (Phi) is 35.4. The molecule has 0 aliphatic carbocycles. The predicted octanol–water partition coefficient (Wildman–Crippen LogP) is 8.56. The number of nitrogens with zero attached hydrogens (tertiary/aromatic N) is 1. The molecule has 55 heavy (non-hydrogen) atoms. The summed E-state index contributed by atoms with van der Waals surface area (Å²) in [4.78, 5) is 3.16. The second-order valence-electron chi connectivity index (χ2n) is 12.7. The first-order valence-corrected chi connectivity index (χ1v) is 20.1. The summed E-state index contributed by atoms with van der Waals surface area (Å²) >= 11 is 8.97. The van der Waals surface area contributed by atoms with Crippen LogP contribution in [0.5, 0.6) is 0 Å². The molecule has 0 aromatic heterocycles. The molecule has 0 radical (unpaired) electrons. The van der Waals surface area contributed by atoms with Crippen LogP contribution in [0.3, 0.4) is 0 Å². The summed E-state index contributed by atoms with van der Waals surface area (Å²) in [7, 11) is 0. The first-order chi connectivity index (χ1) is 25.6. The van der Waals surface area contributed by atoms with Crippen molar-refractivity contribution in [2.24, 2.45) is 0 Å². The first-order valence-electron chi connectivity index (χ1n) is 18.7. The van der Waals surface area contributed by atoms with E-state index >= 15 is 0 Å². The van der Waals surface area contributed by atoms with Crippen LogP contribution in [0.4, 0.5) is 17.1 Å². The zero-order valence-corrected chi connectivity index (χ0v) is 41.9. The summed E-state index contributed by atoms with van der Waals surface area (Å²) in [6, 6.07) is 48.2. The molecule has 0 spiro atoms. The largest absolute Gasteiger partial charge is 1.00 e. The third kappa shape index (κ3) is 26.6. The van der Waals surface area contributed by atoms with Gasteiger partial charge in [0.1, 0.15) is 0 Å². The van der Waals surface area contributed by atoms with Crippen molar-refractivity contribution >= 4 is 56.7 Å². The van der Waals surface area contributed by atoms with Crippen molar-refractivity contribution in [3.63, 3.8) is 0 Å². The topological polar surface area (TPSA) is 41.3 Å². The van der Waals surface area contributed by atoms with E-state index in [9.17, 15) is 0 Å². The van der Waals surface area contributed by atoms with Crippen molar-refractivity contribution in [3.8, 4) is 0 Å². The van der Waals surface area contributed by atoms with Gasteiger partial charge in [-0.15, -0.1) is 11.6 Å². The molecule has 0 saturated heterocycles. The third-order valence-electron chi connectivity index (χ3n) is 8.31.